The first-order valence-corrected chi connectivity index (χ1v) is 10.2. The highest BCUT2D eigenvalue weighted by molar-refractivity contribution is 7.89. The number of amides is 1. The SMILES string of the molecule is O=C(Nc1ccc(F)cc1)[C@@H]1CCCN(S(=O)(=O)c2cccc3nonc23)C1. The molecule has 1 saturated heterocycles. The molecule has 2 heterocycles. The zero-order valence-corrected chi connectivity index (χ0v) is 15.5. The van der Waals surface area contributed by atoms with Gasteiger partial charge in [-0.25, -0.2) is 17.4 Å². The van der Waals surface area contributed by atoms with Crippen LogP contribution in [-0.2, 0) is 14.8 Å². The lowest BCUT2D eigenvalue weighted by molar-refractivity contribution is -0.120. The number of piperidine rings is 1. The maximum absolute atomic E-state index is 13.1. The number of fused-ring (bicyclic) bond motifs is 1. The van der Waals surface area contributed by atoms with E-state index in [1.165, 1.54) is 34.6 Å². The Morgan fingerprint density at radius 3 is 2.75 bits per heavy atom. The van der Waals surface area contributed by atoms with Crippen molar-refractivity contribution in [2.45, 2.75) is 17.7 Å². The van der Waals surface area contributed by atoms with Gasteiger partial charge in [0.25, 0.3) is 0 Å². The van der Waals surface area contributed by atoms with Crippen LogP contribution in [0.2, 0.25) is 0 Å². The van der Waals surface area contributed by atoms with Gasteiger partial charge in [0.05, 0.1) is 5.92 Å². The molecule has 1 aliphatic rings. The minimum absolute atomic E-state index is 0.00541. The molecule has 1 aliphatic heterocycles. The summed E-state index contributed by atoms with van der Waals surface area (Å²) in [6.07, 6.45) is 1.11. The topological polar surface area (TPSA) is 105 Å². The maximum Gasteiger partial charge on any atom is 0.245 e. The van der Waals surface area contributed by atoms with Crippen molar-refractivity contribution in [3.05, 3.63) is 48.3 Å². The van der Waals surface area contributed by atoms with Crippen molar-refractivity contribution in [1.82, 2.24) is 14.6 Å². The van der Waals surface area contributed by atoms with Gasteiger partial charge in [-0.3, -0.25) is 4.79 Å². The summed E-state index contributed by atoms with van der Waals surface area (Å²) in [4.78, 5) is 12.6. The third-order valence-electron chi connectivity index (χ3n) is 4.73. The first kappa shape index (κ1) is 18.5. The third kappa shape index (κ3) is 3.48. The lowest BCUT2D eigenvalue weighted by Gasteiger charge is -2.31. The molecule has 0 radical (unpaired) electrons. The molecule has 8 nitrogen and oxygen atoms in total. The Balaban J connectivity index is 1.53. The lowest BCUT2D eigenvalue weighted by Crippen LogP contribution is -2.43. The smallest absolute Gasteiger partial charge is 0.245 e. The van der Waals surface area contributed by atoms with E-state index in [9.17, 15) is 17.6 Å². The van der Waals surface area contributed by atoms with Crippen LogP contribution in [0.5, 0.6) is 0 Å². The van der Waals surface area contributed by atoms with Gasteiger partial charge >= 0.3 is 0 Å². The summed E-state index contributed by atoms with van der Waals surface area (Å²) >= 11 is 0. The fourth-order valence-corrected chi connectivity index (χ4v) is 4.94. The van der Waals surface area contributed by atoms with Crippen molar-refractivity contribution >= 4 is 32.7 Å². The van der Waals surface area contributed by atoms with Crippen LogP contribution in [0.25, 0.3) is 11.0 Å². The summed E-state index contributed by atoms with van der Waals surface area (Å²) in [5, 5.41) is 10.1. The van der Waals surface area contributed by atoms with Crippen LogP contribution in [0.15, 0.2) is 52.0 Å². The second-order valence-electron chi connectivity index (χ2n) is 6.59. The summed E-state index contributed by atoms with van der Waals surface area (Å²) in [6, 6.07) is 10.1. The first-order chi connectivity index (χ1) is 13.4. The van der Waals surface area contributed by atoms with E-state index in [-0.39, 0.29) is 22.9 Å². The molecule has 1 atom stereocenters. The molecule has 4 rings (SSSR count). The molecule has 0 bridgehead atoms. The maximum atomic E-state index is 13.1. The molecule has 1 aromatic heterocycles. The van der Waals surface area contributed by atoms with Crippen molar-refractivity contribution in [1.29, 1.82) is 0 Å². The van der Waals surface area contributed by atoms with Gasteiger partial charge in [-0.2, -0.15) is 4.31 Å². The Kier molecular flexibility index (Phi) is 4.82. The number of anilines is 1. The Morgan fingerprint density at radius 1 is 1.18 bits per heavy atom. The average Bonchev–Trinajstić information content (AvgIpc) is 3.18. The molecule has 1 amide bonds. The fraction of sp³-hybridized carbons (Fsp3) is 0.278. The molecule has 1 fully saturated rings. The molecule has 0 unspecified atom stereocenters. The number of carbonyl (C=O) groups is 1. The van der Waals surface area contributed by atoms with Crippen LogP contribution in [0.3, 0.4) is 0 Å². The van der Waals surface area contributed by atoms with E-state index in [4.69, 9.17) is 0 Å². The molecule has 10 heteroatoms. The predicted molar refractivity (Wildman–Crippen MR) is 98.3 cm³/mol. The minimum atomic E-state index is -3.86. The highest BCUT2D eigenvalue weighted by atomic mass is 32.2. The average molecular weight is 404 g/mol. The third-order valence-corrected chi connectivity index (χ3v) is 6.63. The Hall–Kier alpha value is -2.85. The summed E-state index contributed by atoms with van der Waals surface area (Å²) in [5.41, 5.74) is 0.980. The first-order valence-electron chi connectivity index (χ1n) is 8.73. The Morgan fingerprint density at radius 2 is 1.96 bits per heavy atom. The summed E-state index contributed by atoms with van der Waals surface area (Å²) < 4.78 is 45.2. The number of sulfonamides is 1. The number of nitrogens with zero attached hydrogens (tertiary/aromatic N) is 3. The molecule has 3 aromatic rings. The zero-order chi connectivity index (χ0) is 19.7. The molecule has 0 saturated carbocycles. The van der Waals surface area contributed by atoms with Crippen molar-refractivity contribution in [2.24, 2.45) is 5.92 Å². The van der Waals surface area contributed by atoms with Crippen LogP contribution in [0, 0.1) is 11.7 Å². The quantitative estimate of drug-likeness (QED) is 0.716. The van der Waals surface area contributed by atoms with Crippen molar-refractivity contribution in [2.75, 3.05) is 18.4 Å². The normalized spacial score (nSPS) is 18.2. The second kappa shape index (κ2) is 7.28. The monoisotopic (exact) mass is 404 g/mol. The van der Waals surface area contributed by atoms with Crippen molar-refractivity contribution < 1.29 is 22.2 Å². The summed E-state index contributed by atoms with van der Waals surface area (Å²) in [6.45, 7) is 0.362. The number of rotatable bonds is 4. The van der Waals surface area contributed by atoms with Crippen LogP contribution < -0.4 is 5.32 Å². The number of benzene rings is 2. The summed E-state index contributed by atoms with van der Waals surface area (Å²) in [7, 11) is -3.86. The van der Waals surface area contributed by atoms with E-state index in [1.54, 1.807) is 12.1 Å². The number of hydrogen-bond donors (Lipinski definition) is 1. The molecule has 1 N–H and O–H groups in total. The van der Waals surface area contributed by atoms with Crippen molar-refractivity contribution in [3.63, 3.8) is 0 Å². The molecule has 0 aliphatic carbocycles. The van der Waals surface area contributed by atoms with Gasteiger partial charge in [0.15, 0.2) is 5.52 Å². The van der Waals surface area contributed by atoms with E-state index < -0.39 is 21.8 Å². The van der Waals surface area contributed by atoms with E-state index in [1.807, 2.05) is 0 Å². The van der Waals surface area contributed by atoms with E-state index in [2.05, 4.69) is 20.3 Å². The van der Waals surface area contributed by atoms with Gasteiger partial charge in [0.1, 0.15) is 16.2 Å². The standard InChI is InChI=1S/C18H17FN4O4S/c19-13-6-8-14(9-7-13)20-18(24)12-3-2-10-23(11-12)28(25,26)16-5-1-4-15-17(16)22-27-21-15/h1,4-9,12H,2-3,10-11H2,(H,20,24)/t12-/m1/s1. The molecule has 2 aromatic carbocycles. The number of nitrogens with one attached hydrogen (secondary N) is 1. The minimum Gasteiger partial charge on any atom is -0.326 e. The largest absolute Gasteiger partial charge is 0.326 e. The lowest BCUT2D eigenvalue weighted by atomic mass is 9.99. The van der Waals surface area contributed by atoms with E-state index in [0.29, 0.717) is 30.6 Å². The van der Waals surface area contributed by atoms with E-state index >= 15 is 0 Å². The molecular formula is C18H17FN4O4S. The van der Waals surface area contributed by atoms with Crippen LogP contribution >= 0.6 is 0 Å². The van der Waals surface area contributed by atoms with Crippen LogP contribution in [-0.4, -0.2) is 42.0 Å². The highest BCUT2D eigenvalue weighted by Crippen LogP contribution is 2.28. The van der Waals surface area contributed by atoms with Gasteiger partial charge in [-0.1, -0.05) is 6.07 Å². The summed E-state index contributed by atoms with van der Waals surface area (Å²) in [5.74, 6) is -1.21. The van der Waals surface area contributed by atoms with Crippen LogP contribution in [0.1, 0.15) is 12.8 Å². The molecule has 146 valence electrons. The van der Waals surface area contributed by atoms with Gasteiger partial charge in [-0.05, 0) is 59.6 Å². The molecule has 0 spiro atoms. The molecule has 28 heavy (non-hydrogen) atoms. The van der Waals surface area contributed by atoms with Gasteiger partial charge < -0.3 is 5.32 Å². The Bertz CT molecular complexity index is 1110. The van der Waals surface area contributed by atoms with Gasteiger partial charge in [-0.15, -0.1) is 0 Å². The second-order valence-corrected chi connectivity index (χ2v) is 8.49. The number of aromatic nitrogens is 2. The fourth-order valence-electron chi connectivity index (χ4n) is 3.28. The zero-order valence-electron chi connectivity index (χ0n) is 14.7. The number of halogens is 1. The van der Waals surface area contributed by atoms with Gasteiger partial charge in [0, 0.05) is 18.8 Å². The highest BCUT2D eigenvalue weighted by Gasteiger charge is 2.34. The predicted octanol–water partition coefficient (Wildman–Crippen LogP) is 2.40. The number of hydrogen-bond acceptors (Lipinski definition) is 6. The van der Waals surface area contributed by atoms with Crippen molar-refractivity contribution in [3.8, 4) is 0 Å². The van der Waals surface area contributed by atoms with Crippen LogP contribution in [0.4, 0.5) is 10.1 Å². The molecular weight excluding hydrogens is 387 g/mol. The van der Waals surface area contributed by atoms with Gasteiger partial charge in [0.2, 0.25) is 15.9 Å². The number of carbonyl (C=O) groups excluding carboxylic acids is 1. The Labute approximate surface area is 160 Å². The van der Waals surface area contributed by atoms with E-state index in [0.717, 1.165) is 0 Å².